The third-order valence-electron chi connectivity index (χ3n) is 3.66. The Morgan fingerprint density at radius 2 is 2.18 bits per heavy atom. The van der Waals surface area contributed by atoms with Gasteiger partial charge in [-0.15, -0.1) is 0 Å². The molecule has 1 rings (SSSR count). The van der Waals surface area contributed by atoms with Crippen molar-refractivity contribution < 1.29 is 9.53 Å². The first kappa shape index (κ1) is 18.7. The van der Waals surface area contributed by atoms with Crippen LogP contribution in [0.25, 0.3) is 0 Å². The van der Waals surface area contributed by atoms with Gasteiger partial charge in [0.25, 0.3) is 0 Å². The number of rotatable bonds is 12. The van der Waals surface area contributed by atoms with E-state index >= 15 is 0 Å². The summed E-state index contributed by atoms with van der Waals surface area (Å²) in [4.78, 5) is 14.4. The third-order valence-corrected chi connectivity index (χ3v) is 3.66. The zero-order valence-electron chi connectivity index (χ0n) is 14.3. The van der Waals surface area contributed by atoms with Crippen molar-refractivity contribution in [3.8, 4) is 0 Å². The summed E-state index contributed by atoms with van der Waals surface area (Å²) in [6.07, 6.45) is 5.09. The van der Waals surface area contributed by atoms with E-state index in [-0.39, 0.29) is 5.91 Å². The predicted molar refractivity (Wildman–Crippen MR) is 89.7 cm³/mol. The van der Waals surface area contributed by atoms with Crippen LogP contribution < -0.4 is 5.32 Å². The molecule has 0 aliphatic heterocycles. The highest BCUT2D eigenvalue weighted by atomic mass is 16.5. The van der Waals surface area contributed by atoms with Crippen LogP contribution in [0, 0.1) is 0 Å². The van der Waals surface area contributed by atoms with Gasteiger partial charge >= 0.3 is 0 Å². The van der Waals surface area contributed by atoms with E-state index in [1.54, 1.807) is 0 Å². The quantitative estimate of drug-likeness (QED) is 0.602. The van der Waals surface area contributed by atoms with Gasteiger partial charge in [-0.25, -0.2) is 0 Å². The molecule has 126 valence electrons. The van der Waals surface area contributed by atoms with Crippen LogP contribution >= 0.6 is 0 Å². The largest absolute Gasteiger partial charge is 0.382 e. The maximum Gasteiger partial charge on any atom is 0.236 e. The monoisotopic (exact) mass is 309 g/mol. The van der Waals surface area contributed by atoms with Crippen molar-refractivity contribution in [2.45, 2.75) is 39.7 Å². The summed E-state index contributed by atoms with van der Waals surface area (Å²) in [6, 6.07) is 4.09. The van der Waals surface area contributed by atoms with Crippen molar-refractivity contribution in [3.63, 3.8) is 0 Å². The highest BCUT2D eigenvalue weighted by Crippen LogP contribution is 2.07. The van der Waals surface area contributed by atoms with Gasteiger partial charge in [-0.3, -0.25) is 4.79 Å². The zero-order valence-corrected chi connectivity index (χ0v) is 14.3. The Balaban J connectivity index is 2.38. The van der Waals surface area contributed by atoms with E-state index in [0.717, 1.165) is 45.6 Å². The number of aromatic nitrogens is 1. The van der Waals surface area contributed by atoms with Crippen LogP contribution in [0.2, 0.25) is 0 Å². The fraction of sp³-hybridized carbons (Fsp3) is 0.706. The van der Waals surface area contributed by atoms with E-state index in [2.05, 4.69) is 22.9 Å². The number of unbranched alkanes of at least 4 members (excludes halogenated alkanes) is 1. The van der Waals surface area contributed by atoms with Gasteiger partial charge in [-0.05, 0) is 38.4 Å². The normalized spacial score (nSPS) is 10.9. The number of hydrogen-bond donors (Lipinski definition) is 1. The van der Waals surface area contributed by atoms with Crippen molar-refractivity contribution in [3.05, 3.63) is 24.0 Å². The molecule has 0 radical (unpaired) electrons. The Bertz CT molecular complexity index is 418. The van der Waals surface area contributed by atoms with E-state index in [0.29, 0.717) is 13.1 Å². The molecule has 1 aromatic rings. The number of amides is 1. The van der Waals surface area contributed by atoms with E-state index < -0.39 is 0 Å². The summed E-state index contributed by atoms with van der Waals surface area (Å²) < 4.78 is 7.36. The van der Waals surface area contributed by atoms with Gasteiger partial charge in [0.05, 0.1) is 13.1 Å². The summed E-state index contributed by atoms with van der Waals surface area (Å²) >= 11 is 0. The molecule has 5 nitrogen and oxygen atoms in total. The highest BCUT2D eigenvalue weighted by Gasteiger charge is 2.14. The van der Waals surface area contributed by atoms with Crippen LogP contribution in [0.5, 0.6) is 0 Å². The second kappa shape index (κ2) is 11.3. The molecule has 0 aliphatic rings. The van der Waals surface area contributed by atoms with E-state index in [1.807, 2.05) is 31.1 Å². The number of carbonyl (C=O) groups excluding carboxylic acids is 1. The minimum absolute atomic E-state index is 0.172. The van der Waals surface area contributed by atoms with Crippen LogP contribution in [0.4, 0.5) is 0 Å². The molecule has 22 heavy (non-hydrogen) atoms. The molecule has 1 heterocycles. The molecule has 1 aromatic heterocycles. The molecular formula is C17H31N3O2. The maximum atomic E-state index is 12.4. The van der Waals surface area contributed by atoms with Crippen LogP contribution in [0.3, 0.4) is 0 Å². The number of nitrogens with zero attached hydrogens (tertiary/aromatic N) is 2. The van der Waals surface area contributed by atoms with Gasteiger partial charge in [0.1, 0.15) is 0 Å². The summed E-state index contributed by atoms with van der Waals surface area (Å²) in [5, 5.41) is 3.22. The Hall–Kier alpha value is -1.33. The van der Waals surface area contributed by atoms with Gasteiger partial charge in [-0.1, -0.05) is 13.3 Å². The minimum Gasteiger partial charge on any atom is -0.382 e. The van der Waals surface area contributed by atoms with Gasteiger partial charge in [-0.2, -0.15) is 0 Å². The molecule has 0 saturated carbocycles. The smallest absolute Gasteiger partial charge is 0.236 e. The van der Waals surface area contributed by atoms with Crippen LogP contribution in [-0.4, -0.2) is 48.2 Å². The number of nitrogens with one attached hydrogen (secondary N) is 1. The number of hydrogen-bond acceptors (Lipinski definition) is 3. The summed E-state index contributed by atoms with van der Waals surface area (Å²) in [5.41, 5.74) is 1.17. The molecule has 0 saturated heterocycles. The maximum absolute atomic E-state index is 12.4. The Kier molecular flexibility index (Phi) is 9.59. The molecule has 0 spiro atoms. The molecule has 0 aliphatic carbocycles. The third kappa shape index (κ3) is 7.09. The van der Waals surface area contributed by atoms with Crippen molar-refractivity contribution in [2.24, 2.45) is 7.05 Å². The van der Waals surface area contributed by atoms with Crippen molar-refractivity contribution >= 4 is 5.91 Å². The van der Waals surface area contributed by atoms with Crippen LogP contribution in [0.1, 0.15) is 38.8 Å². The van der Waals surface area contributed by atoms with Gasteiger partial charge in [0.2, 0.25) is 5.91 Å². The summed E-state index contributed by atoms with van der Waals surface area (Å²) in [6.45, 7) is 8.37. The van der Waals surface area contributed by atoms with E-state index in [4.69, 9.17) is 4.74 Å². The van der Waals surface area contributed by atoms with Crippen LogP contribution in [-0.2, 0) is 23.1 Å². The minimum atomic E-state index is 0.172. The summed E-state index contributed by atoms with van der Waals surface area (Å²) in [7, 11) is 2.02. The summed E-state index contributed by atoms with van der Waals surface area (Å²) in [5.74, 6) is 0.172. The van der Waals surface area contributed by atoms with Crippen molar-refractivity contribution in [1.82, 2.24) is 14.8 Å². The Morgan fingerprint density at radius 3 is 2.82 bits per heavy atom. The number of ether oxygens (including phenoxy) is 1. The first-order valence-corrected chi connectivity index (χ1v) is 8.35. The molecule has 0 aromatic carbocycles. The number of aryl methyl sites for hydroxylation is 1. The standard InChI is InChI=1S/C17H31N3O2/c1-4-6-12-20(15-16-9-7-11-19(16)3)17(21)14-18-10-8-13-22-5-2/h7,9,11,18H,4-6,8,10,12-15H2,1-3H3. The molecule has 1 N–H and O–H groups in total. The first-order chi connectivity index (χ1) is 10.7. The molecule has 0 unspecified atom stereocenters. The molecule has 0 atom stereocenters. The fourth-order valence-corrected chi connectivity index (χ4v) is 2.25. The lowest BCUT2D eigenvalue weighted by molar-refractivity contribution is -0.131. The molecule has 1 amide bonds. The Morgan fingerprint density at radius 1 is 1.36 bits per heavy atom. The average molecular weight is 309 g/mol. The average Bonchev–Trinajstić information content (AvgIpc) is 2.92. The fourth-order valence-electron chi connectivity index (χ4n) is 2.25. The molecular weight excluding hydrogens is 278 g/mol. The highest BCUT2D eigenvalue weighted by molar-refractivity contribution is 5.78. The lowest BCUT2D eigenvalue weighted by Crippen LogP contribution is -2.39. The second-order valence-corrected chi connectivity index (χ2v) is 5.51. The lowest BCUT2D eigenvalue weighted by Gasteiger charge is -2.23. The molecule has 5 heteroatoms. The topological polar surface area (TPSA) is 46.5 Å². The second-order valence-electron chi connectivity index (χ2n) is 5.51. The van der Waals surface area contributed by atoms with Gasteiger partial charge in [0, 0.05) is 38.7 Å². The zero-order chi connectivity index (χ0) is 16.2. The van der Waals surface area contributed by atoms with Gasteiger partial charge < -0.3 is 19.5 Å². The van der Waals surface area contributed by atoms with Crippen molar-refractivity contribution in [1.29, 1.82) is 0 Å². The van der Waals surface area contributed by atoms with E-state index in [9.17, 15) is 4.79 Å². The van der Waals surface area contributed by atoms with E-state index in [1.165, 1.54) is 5.69 Å². The molecule has 0 fully saturated rings. The van der Waals surface area contributed by atoms with Gasteiger partial charge in [0.15, 0.2) is 0 Å². The predicted octanol–water partition coefficient (Wildman–Crippen LogP) is 2.17. The lowest BCUT2D eigenvalue weighted by atomic mass is 10.3. The SMILES string of the molecule is CCCCN(Cc1cccn1C)C(=O)CNCCCOCC. The Labute approximate surface area is 134 Å². The number of carbonyl (C=O) groups is 1. The van der Waals surface area contributed by atoms with Crippen molar-refractivity contribution in [2.75, 3.05) is 32.8 Å². The first-order valence-electron chi connectivity index (χ1n) is 8.35. The van der Waals surface area contributed by atoms with Crippen LogP contribution in [0.15, 0.2) is 18.3 Å². The molecule has 0 bridgehead atoms.